The van der Waals surface area contributed by atoms with Crippen LogP contribution < -0.4 is 5.73 Å². The third-order valence-electron chi connectivity index (χ3n) is 2.54. The Morgan fingerprint density at radius 1 is 1.24 bits per heavy atom. The number of rotatable bonds is 2. The molecule has 0 fully saturated rings. The highest BCUT2D eigenvalue weighted by atomic mass is 35.5. The molecule has 0 amide bonds. The van der Waals surface area contributed by atoms with Gasteiger partial charge in [0.25, 0.3) is 0 Å². The van der Waals surface area contributed by atoms with Gasteiger partial charge >= 0.3 is 0 Å². The molecule has 0 radical (unpaired) electrons. The van der Waals surface area contributed by atoms with E-state index >= 15 is 0 Å². The smallest absolute Gasteiger partial charge is 0.198 e. The van der Waals surface area contributed by atoms with Gasteiger partial charge in [0.1, 0.15) is 11.5 Å². The van der Waals surface area contributed by atoms with Gasteiger partial charge in [0.05, 0.1) is 5.56 Å². The van der Waals surface area contributed by atoms with E-state index in [1.165, 1.54) is 0 Å². The summed E-state index contributed by atoms with van der Waals surface area (Å²) >= 11 is 5.79. The number of halogens is 1. The zero-order chi connectivity index (χ0) is 12.6. The van der Waals surface area contributed by atoms with Crippen molar-refractivity contribution in [1.82, 2.24) is 0 Å². The van der Waals surface area contributed by atoms with Crippen molar-refractivity contribution in [3.63, 3.8) is 0 Å². The van der Waals surface area contributed by atoms with Crippen molar-refractivity contribution in [3.8, 4) is 0 Å². The normalized spacial score (nSPS) is 10.5. The van der Waals surface area contributed by atoms with E-state index in [-0.39, 0.29) is 5.78 Å². The molecule has 0 saturated heterocycles. The third-order valence-corrected chi connectivity index (χ3v) is 2.78. The number of aryl methyl sites for hydroxylation is 2. The van der Waals surface area contributed by atoms with E-state index in [1.54, 1.807) is 38.1 Å². The molecule has 17 heavy (non-hydrogen) atoms. The molecule has 2 aromatic rings. The molecule has 0 aliphatic heterocycles. The summed E-state index contributed by atoms with van der Waals surface area (Å²) in [5.41, 5.74) is 7.14. The molecule has 0 spiro atoms. The number of carbonyl (C=O) groups is 1. The van der Waals surface area contributed by atoms with Crippen LogP contribution in [0.4, 0.5) is 5.69 Å². The molecule has 0 aliphatic carbocycles. The van der Waals surface area contributed by atoms with Gasteiger partial charge in [0, 0.05) is 16.3 Å². The predicted molar refractivity (Wildman–Crippen MR) is 67.5 cm³/mol. The highest BCUT2D eigenvalue weighted by molar-refractivity contribution is 6.31. The predicted octanol–water partition coefficient (Wildman–Crippen LogP) is 3.36. The summed E-state index contributed by atoms with van der Waals surface area (Å²) in [5.74, 6) is 1.16. The van der Waals surface area contributed by atoms with Gasteiger partial charge in [0.15, 0.2) is 5.78 Å². The van der Waals surface area contributed by atoms with E-state index in [0.717, 1.165) is 0 Å². The fourth-order valence-corrected chi connectivity index (χ4v) is 1.92. The Morgan fingerprint density at radius 2 is 1.94 bits per heavy atom. The van der Waals surface area contributed by atoms with Crippen molar-refractivity contribution in [2.24, 2.45) is 0 Å². The summed E-state index contributed by atoms with van der Waals surface area (Å²) in [5, 5.41) is 0.513. The average molecular weight is 250 g/mol. The lowest BCUT2D eigenvalue weighted by Crippen LogP contribution is -2.05. The molecule has 2 N–H and O–H groups in total. The minimum absolute atomic E-state index is 0.145. The second kappa shape index (κ2) is 4.26. The summed E-state index contributed by atoms with van der Waals surface area (Å²) in [6.45, 7) is 3.56. The first kappa shape index (κ1) is 11.7. The van der Waals surface area contributed by atoms with Crippen LogP contribution in [0.15, 0.2) is 28.7 Å². The van der Waals surface area contributed by atoms with E-state index in [4.69, 9.17) is 21.8 Å². The van der Waals surface area contributed by atoms with Gasteiger partial charge in [-0.25, -0.2) is 0 Å². The molecule has 0 atom stereocenters. The highest BCUT2D eigenvalue weighted by Crippen LogP contribution is 2.23. The number of anilines is 1. The molecule has 88 valence electrons. The van der Waals surface area contributed by atoms with Crippen LogP contribution in [-0.2, 0) is 0 Å². The molecular weight excluding hydrogens is 238 g/mol. The first-order valence-corrected chi connectivity index (χ1v) is 5.53. The van der Waals surface area contributed by atoms with Crippen molar-refractivity contribution in [1.29, 1.82) is 0 Å². The van der Waals surface area contributed by atoms with E-state index in [0.29, 0.717) is 33.4 Å². The first-order chi connectivity index (χ1) is 7.99. The van der Waals surface area contributed by atoms with Gasteiger partial charge in [-0.3, -0.25) is 4.79 Å². The van der Waals surface area contributed by atoms with Crippen LogP contribution in [0, 0.1) is 13.8 Å². The first-order valence-electron chi connectivity index (χ1n) is 5.16. The Hall–Kier alpha value is -1.74. The van der Waals surface area contributed by atoms with Crippen LogP contribution in [0.2, 0.25) is 5.02 Å². The maximum Gasteiger partial charge on any atom is 0.198 e. The second-order valence-corrected chi connectivity index (χ2v) is 4.32. The number of nitrogens with two attached hydrogens (primary N) is 1. The summed E-state index contributed by atoms with van der Waals surface area (Å²) in [4.78, 5) is 12.2. The highest BCUT2D eigenvalue weighted by Gasteiger charge is 2.17. The van der Waals surface area contributed by atoms with Gasteiger partial charge in [-0.1, -0.05) is 11.6 Å². The fraction of sp³-hybridized carbons (Fsp3) is 0.154. The van der Waals surface area contributed by atoms with Gasteiger partial charge in [0.2, 0.25) is 0 Å². The Kier molecular flexibility index (Phi) is 2.94. The summed E-state index contributed by atoms with van der Waals surface area (Å²) in [6, 6.07) is 6.55. The van der Waals surface area contributed by atoms with Gasteiger partial charge in [-0.15, -0.1) is 0 Å². The van der Waals surface area contributed by atoms with Crippen LogP contribution in [-0.4, -0.2) is 5.78 Å². The third kappa shape index (κ3) is 2.19. The number of benzene rings is 1. The lowest BCUT2D eigenvalue weighted by molar-refractivity contribution is 0.103. The Balaban J connectivity index is 2.47. The van der Waals surface area contributed by atoms with Crippen molar-refractivity contribution in [3.05, 3.63) is 51.9 Å². The maximum absolute atomic E-state index is 12.2. The number of hydrogen-bond donors (Lipinski definition) is 1. The zero-order valence-electron chi connectivity index (χ0n) is 9.58. The van der Waals surface area contributed by atoms with Crippen LogP contribution in [0.5, 0.6) is 0 Å². The quantitative estimate of drug-likeness (QED) is 0.656. The van der Waals surface area contributed by atoms with E-state index in [2.05, 4.69) is 0 Å². The number of nitrogen functional groups attached to an aromatic ring is 1. The molecule has 4 heteroatoms. The molecule has 0 aliphatic rings. The molecule has 1 aromatic carbocycles. The summed E-state index contributed by atoms with van der Waals surface area (Å²) in [6.07, 6.45) is 0. The Bertz CT molecular complexity index is 587. The number of hydrogen-bond acceptors (Lipinski definition) is 3. The van der Waals surface area contributed by atoms with Crippen molar-refractivity contribution in [2.75, 3.05) is 5.73 Å². The largest absolute Gasteiger partial charge is 0.466 e. The average Bonchev–Trinajstić information content (AvgIpc) is 2.57. The molecule has 2 rings (SSSR count). The molecule has 1 aromatic heterocycles. The minimum Gasteiger partial charge on any atom is -0.466 e. The number of carbonyl (C=O) groups excluding carboxylic acids is 1. The van der Waals surface area contributed by atoms with Crippen LogP contribution in [0.25, 0.3) is 0 Å². The molecular formula is C13H12ClNO2. The maximum atomic E-state index is 12.2. The lowest BCUT2D eigenvalue weighted by Gasteiger charge is -2.04. The van der Waals surface area contributed by atoms with Crippen LogP contribution >= 0.6 is 11.6 Å². The Morgan fingerprint density at radius 3 is 2.47 bits per heavy atom. The van der Waals surface area contributed by atoms with Crippen LogP contribution in [0.1, 0.15) is 27.4 Å². The Labute approximate surface area is 104 Å². The lowest BCUT2D eigenvalue weighted by atomic mass is 10.0. The molecule has 3 nitrogen and oxygen atoms in total. The van der Waals surface area contributed by atoms with Crippen molar-refractivity contribution >= 4 is 23.1 Å². The second-order valence-electron chi connectivity index (χ2n) is 3.89. The number of ketones is 1. The molecule has 0 saturated carbocycles. The van der Waals surface area contributed by atoms with E-state index < -0.39 is 0 Å². The topological polar surface area (TPSA) is 56.2 Å². The summed E-state index contributed by atoms with van der Waals surface area (Å²) in [7, 11) is 0. The molecule has 1 heterocycles. The minimum atomic E-state index is -0.145. The van der Waals surface area contributed by atoms with Crippen molar-refractivity contribution < 1.29 is 9.21 Å². The SMILES string of the molecule is Cc1cc(C(=O)c2ccc(Cl)cc2N)c(C)o1. The van der Waals surface area contributed by atoms with E-state index in [1.807, 2.05) is 0 Å². The van der Waals surface area contributed by atoms with Crippen molar-refractivity contribution in [2.45, 2.75) is 13.8 Å². The molecule has 0 bridgehead atoms. The standard InChI is InChI=1S/C13H12ClNO2/c1-7-5-11(8(2)17-7)13(16)10-4-3-9(14)6-12(10)15/h3-6H,15H2,1-2H3. The fourth-order valence-electron chi connectivity index (χ4n) is 1.74. The summed E-state index contributed by atoms with van der Waals surface area (Å²) < 4.78 is 5.33. The monoisotopic (exact) mass is 249 g/mol. The van der Waals surface area contributed by atoms with Gasteiger partial charge < -0.3 is 10.2 Å². The van der Waals surface area contributed by atoms with E-state index in [9.17, 15) is 4.79 Å². The number of furan rings is 1. The van der Waals surface area contributed by atoms with Crippen LogP contribution in [0.3, 0.4) is 0 Å². The van der Waals surface area contributed by atoms with Gasteiger partial charge in [-0.2, -0.15) is 0 Å². The van der Waals surface area contributed by atoms with Gasteiger partial charge in [-0.05, 0) is 38.1 Å². The zero-order valence-corrected chi connectivity index (χ0v) is 10.3. The molecule has 0 unspecified atom stereocenters.